The van der Waals surface area contributed by atoms with Crippen LogP contribution in [0, 0.1) is 0 Å². The third kappa shape index (κ3) is 10.2. The Labute approximate surface area is 188 Å². The summed E-state index contributed by atoms with van der Waals surface area (Å²) in [6.45, 7) is -0.458. The summed E-state index contributed by atoms with van der Waals surface area (Å²) in [5.74, 6) is -6.83. The second-order valence-electron chi connectivity index (χ2n) is 7.00. The summed E-state index contributed by atoms with van der Waals surface area (Å²) in [5, 5.41) is 33.7. The highest BCUT2D eigenvalue weighted by Crippen LogP contribution is 2.07. The lowest BCUT2D eigenvalue weighted by molar-refractivity contribution is -0.147. The van der Waals surface area contributed by atoms with Crippen molar-refractivity contribution in [3.63, 3.8) is 0 Å². The molecule has 0 saturated heterocycles. The van der Waals surface area contributed by atoms with Crippen LogP contribution in [-0.2, 0) is 35.2 Å². The van der Waals surface area contributed by atoms with E-state index in [4.69, 9.17) is 15.9 Å². The SMILES string of the molecule is NCC(=O)NC(CCC(=O)O)C(=O)NC(Cc1ccccc1)C(=O)NC(CC(=O)O)C(=O)O. The zero-order chi connectivity index (χ0) is 25.0. The van der Waals surface area contributed by atoms with Crippen molar-refractivity contribution in [3.05, 3.63) is 35.9 Å². The van der Waals surface area contributed by atoms with E-state index in [-0.39, 0.29) is 12.8 Å². The Hall–Kier alpha value is -4.00. The average molecular weight is 466 g/mol. The first-order valence-electron chi connectivity index (χ1n) is 9.84. The van der Waals surface area contributed by atoms with Gasteiger partial charge in [0.2, 0.25) is 17.7 Å². The van der Waals surface area contributed by atoms with Crippen LogP contribution in [0.15, 0.2) is 30.3 Å². The summed E-state index contributed by atoms with van der Waals surface area (Å²) in [4.78, 5) is 70.3. The maximum Gasteiger partial charge on any atom is 0.326 e. The fraction of sp³-hybridized carbons (Fsp3) is 0.400. The minimum atomic E-state index is -1.75. The summed E-state index contributed by atoms with van der Waals surface area (Å²) >= 11 is 0. The van der Waals surface area contributed by atoms with Crippen molar-refractivity contribution in [2.24, 2.45) is 5.73 Å². The van der Waals surface area contributed by atoms with Crippen LogP contribution >= 0.6 is 0 Å². The zero-order valence-corrected chi connectivity index (χ0v) is 17.5. The summed E-state index contributed by atoms with van der Waals surface area (Å²) in [6.07, 6.45) is -1.73. The lowest BCUT2D eigenvalue weighted by Crippen LogP contribution is -2.57. The Morgan fingerprint density at radius 3 is 1.88 bits per heavy atom. The topological polar surface area (TPSA) is 225 Å². The molecule has 0 bridgehead atoms. The fourth-order valence-electron chi connectivity index (χ4n) is 2.77. The molecule has 0 aliphatic rings. The molecule has 0 spiro atoms. The van der Waals surface area contributed by atoms with Crippen LogP contribution in [-0.4, -0.2) is 75.6 Å². The first kappa shape index (κ1) is 27.0. The molecular weight excluding hydrogens is 440 g/mol. The third-order valence-electron chi connectivity index (χ3n) is 4.39. The number of carbonyl (C=O) groups excluding carboxylic acids is 3. The Morgan fingerprint density at radius 2 is 1.36 bits per heavy atom. The molecule has 0 aliphatic heterocycles. The minimum Gasteiger partial charge on any atom is -0.481 e. The molecule has 3 atom stereocenters. The molecule has 3 amide bonds. The van der Waals surface area contributed by atoms with Gasteiger partial charge < -0.3 is 37.0 Å². The van der Waals surface area contributed by atoms with Crippen LogP contribution < -0.4 is 21.7 Å². The van der Waals surface area contributed by atoms with Gasteiger partial charge in [-0.05, 0) is 12.0 Å². The molecule has 0 aliphatic carbocycles. The van der Waals surface area contributed by atoms with Gasteiger partial charge >= 0.3 is 17.9 Å². The number of nitrogens with two attached hydrogens (primary N) is 1. The Bertz CT molecular complexity index is 876. The van der Waals surface area contributed by atoms with Crippen molar-refractivity contribution >= 4 is 35.6 Å². The zero-order valence-electron chi connectivity index (χ0n) is 17.5. The van der Waals surface area contributed by atoms with E-state index >= 15 is 0 Å². The minimum absolute atomic E-state index is 0.0890. The first-order valence-corrected chi connectivity index (χ1v) is 9.84. The lowest BCUT2D eigenvalue weighted by Gasteiger charge is -2.24. The van der Waals surface area contributed by atoms with E-state index in [1.54, 1.807) is 30.3 Å². The van der Waals surface area contributed by atoms with Gasteiger partial charge in [0.05, 0.1) is 13.0 Å². The molecule has 1 rings (SSSR count). The van der Waals surface area contributed by atoms with Crippen molar-refractivity contribution in [2.45, 2.75) is 43.8 Å². The van der Waals surface area contributed by atoms with E-state index in [0.29, 0.717) is 5.56 Å². The normalized spacial score (nSPS) is 13.1. The Morgan fingerprint density at radius 1 is 0.788 bits per heavy atom. The smallest absolute Gasteiger partial charge is 0.326 e. The van der Waals surface area contributed by atoms with E-state index < -0.39 is 73.1 Å². The molecule has 0 heterocycles. The highest BCUT2D eigenvalue weighted by atomic mass is 16.4. The molecule has 8 N–H and O–H groups in total. The lowest BCUT2D eigenvalue weighted by atomic mass is 10.0. The number of rotatable bonds is 14. The monoisotopic (exact) mass is 466 g/mol. The van der Waals surface area contributed by atoms with Crippen LogP contribution in [0.2, 0.25) is 0 Å². The number of hydrogen-bond donors (Lipinski definition) is 7. The van der Waals surface area contributed by atoms with Gasteiger partial charge in [-0.3, -0.25) is 24.0 Å². The highest BCUT2D eigenvalue weighted by molar-refractivity contribution is 5.94. The first-order chi connectivity index (χ1) is 15.5. The molecule has 1 aromatic rings. The van der Waals surface area contributed by atoms with Crippen LogP contribution in [0.25, 0.3) is 0 Å². The van der Waals surface area contributed by atoms with Crippen LogP contribution in [0.5, 0.6) is 0 Å². The quantitative estimate of drug-likeness (QED) is 0.161. The summed E-state index contributed by atoms with van der Waals surface area (Å²) in [5.41, 5.74) is 5.82. The molecule has 13 heteroatoms. The number of amides is 3. The van der Waals surface area contributed by atoms with Crippen molar-refractivity contribution in [1.29, 1.82) is 0 Å². The number of hydrogen-bond acceptors (Lipinski definition) is 7. The standard InChI is InChI=1S/C20H26N4O9/c21-10-15(25)22-12(6-7-16(26)27)18(30)23-13(8-11-4-2-1-3-5-11)19(31)24-14(20(32)33)9-17(28)29/h1-5,12-14H,6-10,21H2,(H,22,25)(H,23,30)(H,24,31)(H,26,27)(H,28,29)(H,32,33). The van der Waals surface area contributed by atoms with Gasteiger partial charge in [-0.25, -0.2) is 4.79 Å². The summed E-state index contributed by atoms with van der Waals surface area (Å²) < 4.78 is 0. The van der Waals surface area contributed by atoms with E-state index in [2.05, 4.69) is 16.0 Å². The molecule has 3 unspecified atom stereocenters. The molecule has 1 aromatic carbocycles. The molecule has 13 nitrogen and oxygen atoms in total. The van der Waals surface area contributed by atoms with Crippen molar-refractivity contribution in [1.82, 2.24) is 16.0 Å². The molecule has 0 saturated carbocycles. The van der Waals surface area contributed by atoms with E-state index in [1.165, 1.54) is 0 Å². The number of aliphatic carboxylic acids is 3. The van der Waals surface area contributed by atoms with Gasteiger partial charge in [0.15, 0.2) is 0 Å². The predicted molar refractivity (Wildman–Crippen MR) is 112 cm³/mol. The largest absolute Gasteiger partial charge is 0.481 e. The summed E-state index contributed by atoms with van der Waals surface area (Å²) in [7, 11) is 0. The Balaban J connectivity index is 3.09. The van der Waals surface area contributed by atoms with Gasteiger partial charge in [0.1, 0.15) is 18.1 Å². The van der Waals surface area contributed by atoms with E-state index in [1.807, 2.05) is 0 Å². The highest BCUT2D eigenvalue weighted by Gasteiger charge is 2.30. The fourth-order valence-corrected chi connectivity index (χ4v) is 2.77. The van der Waals surface area contributed by atoms with E-state index in [9.17, 15) is 33.9 Å². The Kier molecular flexibility index (Phi) is 11.0. The van der Waals surface area contributed by atoms with Crippen LogP contribution in [0.4, 0.5) is 0 Å². The second kappa shape index (κ2) is 13.4. The van der Waals surface area contributed by atoms with Gasteiger partial charge in [-0.1, -0.05) is 30.3 Å². The maximum atomic E-state index is 12.8. The number of nitrogens with one attached hydrogen (secondary N) is 3. The predicted octanol–water partition coefficient (Wildman–Crippen LogP) is -1.93. The van der Waals surface area contributed by atoms with Crippen LogP contribution in [0.3, 0.4) is 0 Å². The average Bonchev–Trinajstić information content (AvgIpc) is 2.75. The molecular formula is C20H26N4O9. The van der Waals surface area contributed by atoms with Crippen LogP contribution in [0.1, 0.15) is 24.8 Å². The number of carboxylic acids is 3. The van der Waals surface area contributed by atoms with Crippen molar-refractivity contribution in [3.8, 4) is 0 Å². The number of carboxylic acid groups (broad SMARTS) is 3. The molecule has 0 aromatic heterocycles. The second-order valence-corrected chi connectivity index (χ2v) is 7.00. The number of carbonyl (C=O) groups is 6. The molecule has 33 heavy (non-hydrogen) atoms. The molecule has 0 fully saturated rings. The van der Waals surface area contributed by atoms with Crippen molar-refractivity contribution in [2.75, 3.05) is 6.54 Å². The third-order valence-corrected chi connectivity index (χ3v) is 4.39. The summed E-state index contributed by atoms with van der Waals surface area (Å²) in [6, 6.07) is 3.95. The van der Waals surface area contributed by atoms with Crippen molar-refractivity contribution < 1.29 is 44.1 Å². The van der Waals surface area contributed by atoms with Gasteiger partial charge in [-0.2, -0.15) is 0 Å². The van der Waals surface area contributed by atoms with E-state index in [0.717, 1.165) is 0 Å². The molecule has 0 radical (unpaired) electrons. The number of benzene rings is 1. The molecule has 180 valence electrons. The maximum absolute atomic E-state index is 12.8. The van der Waals surface area contributed by atoms with Gasteiger partial charge in [0, 0.05) is 12.8 Å². The van der Waals surface area contributed by atoms with Gasteiger partial charge in [0.25, 0.3) is 0 Å². The van der Waals surface area contributed by atoms with Gasteiger partial charge in [-0.15, -0.1) is 0 Å².